The van der Waals surface area contributed by atoms with Crippen molar-refractivity contribution in [3.63, 3.8) is 0 Å². The van der Waals surface area contributed by atoms with Crippen LogP contribution in [0.4, 0.5) is 5.69 Å². The number of rotatable bonds is 10. The van der Waals surface area contributed by atoms with Crippen molar-refractivity contribution in [1.82, 2.24) is 15.3 Å². The smallest absolute Gasteiger partial charge is 0.326 e. The standard InChI is InChI=1S/C25H25N5O5/c1-3-12-30(14-16-4-9-20-19(13-16)24(33)28-15(2)27-20)18-7-5-17(6-8-18)23(32)29-21(25(34)35)10-11-22(26)31/h1,4-9,13,21H,10-12,14H2,2H3,(H2,26,31)(H,29,32)(H,34,35)(H,27,28,33)/t21-/m0/s1. The number of aromatic amines is 1. The van der Waals surface area contributed by atoms with Crippen molar-refractivity contribution in [1.29, 1.82) is 0 Å². The van der Waals surface area contributed by atoms with Crippen molar-refractivity contribution in [3.8, 4) is 12.3 Å². The van der Waals surface area contributed by atoms with E-state index in [0.717, 1.165) is 11.3 Å². The third-order valence-corrected chi connectivity index (χ3v) is 5.32. The second kappa shape index (κ2) is 11.0. The van der Waals surface area contributed by atoms with Crippen LogP contribution in [0.25, 0.3) is 10.9 Å². The number of hydrogen-bond acceptors (Lipinski definition) is 6. The second-order valence-corrected chi connectivity index (χ2v) is 7.98. The molecule has 0 saturated carbocycles. The number of terminal acetylenes is 1. The van der Waals surface area contributed by atoms with Gasteiger partial charge in [0, 0.05) is 24.2 Å². The van der Waals surface area contributed by atoms with Gasteiger partial charge in [0.2, 0.25) is 5.91 Å². The maximum Gasteiger partial charge on any atom is 0.326 e. The maximum atomic E-state index is 12.5. The SMILES string of the molecule is C#CCN(Cc1ccc2nc(C)[nH]c(=O)c2c1)c1ccc(C(=O)N[C@@H](CCC(N)=O)C(=O)O)cc1. The van der Waals surface area contributed by atoms with Gasteiger partial charge < -0.3 is 26.0 Å². The lowest BCUT2D eigenvalue weighted by atomic mass is 10.1. The number of nitrogens with two attached hydrogens (primary N) is 1. The van der Waals surface area contributed by atoms with Crippen LogP contribution >= 0.6 is 0 Å². The number of aromatic nitrogens is 2. The van der Waals surface area contributed by atoms with Gasteiger partial charge in [0.1, 0.15) is 11.9 Å². The Morgan fingerprint density at radius 1 is 1.23 bits per heavy atom. The third kappa shape index (κ3) is 6.45. The number of carboxylic acid groups (broad SMARTS) is 1. The highest BCUT2D eigenvalue weighted by Gasteiger charge is 2.21. The van der Waals surface area contributed by atoms with Crippen LogP contribution in [0.1, 0.15) is 34.6 Å². The first kappa shape index (κ1) is 25.0. The molecule has 0 aliphatic carbocycles. The Kier molecular flexibility index (Phi) is 7.84. The minimum absolute atomic E-state index is 0.103. The molecule has 3 aromatic rings. The molecule has 1 aromatic heterocycles. The largest absolute Gasteiger partial charge is 0.480 e. The number of carbonyl (C=O) groups is 3. The first-order chi connectivity index (χ1) is 16.7. The quantitative estimate of drug-likeness (QED) is 0.322. The van der Waals surface area contributed by atoms with Crippen LogP contribution < -0.4 is 21.5 Å². The van der Waals surface area contributed by atoms with Gasteiger partial charge in [-0.05, 0) is 55.3 Å². The lowest BCUT2D eigenvalue weighted by Crippen LogP contribution is -2.41. The fourth-order valence-corrected chi connectivity index (χ4v) is 3.58. The number of amides is 2. The van der Waals surface area contributed by atoms with Gasteiger partial charge in [-0.3, -0.25) is 14.4 Å². The number of aryl methyl sites for hydroxylation is 1. The molecule has 2 aromatic carbocycles. The number of aliphatic carboxylic acids is 1. The first-order valence-electron chi connectivity index (χ1n) is 10.8. The highest BCUT2D eigenvalue weighted by atomic mass is 16.4. The van der Waals surface area contributed by atoms with E-state index < -0.39 is 23.8 Å². The number of nitrogens with one attached hydrogen (secondary N) is 2. The van der Waals surface area contributed by atoms with E-state index in [-0.39, 0.29) is 30.5 Å². The molecule has 0 fully saturated rings. The molecule has 0 saturated heterocycles. The van der Waals surface area contributed by atoms with Crippen LogP contribution in [0, 0.1) is 19.3 Å². The lowest BCUT2D eigenvalue weighted by molar-refractivity contribution is -0.139. The number of carbonyl (C=O) groups excluding carboxylic acids is 2. The second-order valence-electron chi connectivity index (χ2n) is 7.98. The fourth-order valence-electron chi connectivity index (χ4n) is 3.58. The number of hydrogen-bond donors (Lipinski definition) is 4. The monoisotopic (exact) mass is 475 g/mol. The van der Waals surface area contributed by atoms with E-state index in [1.54, 1.807) is 43.3 Å². The molecule has 10 nitrogen and oxygen atoms in total. The van der Waals surface area contributed by atoms with Crippen molar-refractivity contribution < 1.29 is 19.5 Å². The van der Waals surface area contributed by atoms with Gasteiger partial charge in [0.25, 0.3) is 11.5 Å². The molecule has 2 amide bonds. The molecule has 5 N–H and O–H groups in total. The van der Waals surface area contributed by atoms with Crippen LogP contribution in [0.15, 0.2) is 47.3 Å². The molecule has 0 aliphatic rings. The summed E-state index contributed by atoms with van der Waals surface area (Å²) in [6.45, 7) is 2.41. The van der Waals surface area contributed by atoms with E-state index in [2.05, 4.69) is 21.2 Å². The Hall–Kier alpha value is -4.65. The highest BCUT2D eigenvalue weighted by molar-refractivity contribution is 5.97. The Bertz CT molecular complexity index is 1360. The zero-order valence-electron chi connectivity index (χ0n) is 19.1. The number of nitrogens with zero attached hydrogens (tertiary/aromatic N) is 2. The van der Waals surface area contributed by atoms with Gasteiger partial charge in [-0.15, -0.1) is 6.42 Å². The number of H-pyrrole nitrogens is 1. The molecular weight excluding hydrogens is 450 g/mol. The van der Waals surface area contributed by atoms with Crippen LogP contribution in [-0.4, -0.2) is 45.4 Å². The Morgan fingerprint density at radius 3 is 2.57 bits per heavy atom. The molecule has 0 bridgehead atoms. The van der Waals surface area contributed by atoms with Crippen LogP contribution in [0.5, 0.6) is 0 Å². The minimum Gasteiger partial charge on any atom is -0.480 e. The highest BCUT2D eigenvalue weighted by Crippen LogP contribution is 2.20. The zero-order chi connectivity index (χ0) is 25.5. The van der Waals surface area contributed by atoms with E-state index in [0.29, 0.717) is 23.3 Å². The topological polar surface area (TPSA) is 158 Å². The molecule has 1 heterocycles. The summed E-state index contributed by atoms with van der Waals surface area (Å²) in [4.78, 5) is 56.0. The van der Waals surface area contributed by atoms with Crippen LogP contribution in [0.2, 0.25) is 0 Å². The van der Waals surface area contributed by atoms with Crippen molar-refractivity contribution >= 4 is 34.4 Å². The molecule has 35 heavy (non-hydrogen) atoms. The summed E-state index contributed by atoms with van der Waals surface area (Å²) in [5, 5.41) is 12.2. The van der Waals surface area contributed by atoms with E-state index in [9.17, 15) is 24.3 Å². The summed E-state index contributed by atoms with van der Waals surface area (Å²) in [6, 6.07) is 10.7. The molecule has 0 unspecified atom stereocenters. The molecular formula is C25H25N5O5. The minimum atomic E-state index is -1.25. The summed E-state index contributed by atoms with van der Waals surface area (Å²) in [6.07, 6.45) is 5.29. The van der Waals surface area contributed by atoms with Gasteiger partial charge in [0.05, 0.1) is 17.4 Å². The van der Waals surface area contributed by atoms with E-state index >= 15 is 0 Å². The van der Waals surface area contributed by atoms with Gasteiger partial charge in [-0.25, -0.2) is 9.78 Å². The van der Waals surface area contributed by atoms with Gasteiger partial charge in [-0.1, -0.05) is 12.0 Å². The number of carboxylic acids is 1. The molecule has 1 atom stereocenters. The zero-order valence-corrected chi connectivity index (χ0v) is 19.1. The first-order valence-corrected chi connectivity index (χ1v) is 10.8. The van der Waals surface area contributed by atoms with E-state index in [1.807, 2.05) is 11.0 Å². The molecule has 0 aliphatic heterocycles. The number of anilines is 1. The normalized spacial score (nSPS) is 11.4. The molecule has 180 valence electrons. The number of fused-ring (bicyclic) bond motifs is 1. The average Bonchev–Trinajstić information content (AvgIpc) is 2.81. The molecule has 0 radical (unpaired) electrons. The Balaban J connectivity index is 1.76. The third-order valence-electron chi connectivity index (χ3n) is 5.32. The van der Waals surface area contributed by atoms with E-state index in [1.165, 1.54) is 0 Å². The summed E-state index contributed by atoms with van der Waals surface area (Å²) in [5.74, 6) is 0.652. The Labute approximate surface area is 201 Å². The average molecular weight is 476 g/mol. The Morgan fingerprint density at radius 2 is 1.94 bits per heavy atom. The lowest BCUT2D eigenvalue weighted by Gasteiger charge is -2.23. The van der Waals surface area contributed by atoms with Crippen molar-refractivity contribution in [2.75, 3.05) is 11.4 Å². The fraction of sp³-hybridized carbons (Fsp3) is 0.240. The summed E-state index contributed by atoms with van der Waals surface area (Å²) < 4.78 is 0. The van der Waals surface area contributed by atoms with Crippen LogP contribution in [-0.2, 0) is 16.1 Å². The molecule has 0 spiro atoms. The summed E-state index contributed by atoms with van der Waals surface area (Å²) in [7, 11) is 0. The van der Waals surface area contributed by atoms with Crippen molar-refractivity contribution in [2.24, 2.45) is 5.73 Å². The predicted molar refractivity (Wildman–Crippen MR) is 131 cm³/mol. The van der Waals surface area contributed by atoms with Gasteiger partial charge >= 0.3 is 5.97 Å². The van der Waals surface area contributed by atoms with Gasteiger partial charge in [-0.2, -0.15) is 0 Å². The van der Waals surface area contributed by atoms with Crippen LogP contribution in [0.3, 0.4) is 0 Å². The van der Waals surface area contributed by atoms with E-state index in [4.69, 9.17) is 12.2 Å². The maximum absolute atomic E-state index is 12.5. The summed E-state index contributed by atoms with van der Waals surface area (Å²) in [5.41, 5.74) is 7.28. The summed E-state index contributed by atoms with van der Waals surface area (Å²) >= 11 is 0. The predicted octanol–water partition coefficient (Wildman–Crippen LogP) is 1.32. The number of primary amides is 1. The van der Waals surface area contributed by atoms with Gasteiger partial charge in [0.15, 0.2) is 0 Å². The molecule has 10 heteroatoms. The van der Waals surface area contributed by atoms with Crippen molar-refractivity contribution in [2.45, 2.75) is 32.4 Å². The number of benzene rings is 2. The van der Waals surface area contributed by atoms with Crippen molar-refractivity contribution in [3.05, 3.63) is 69.8 Å². The molecule has 3 rings (SSSR count).